The van der Waals surface area contributed by atoms with E-state index in [0.29, 0.717) is 13.1 Å². The topological polar surface area (TPSA) is 88.2 Å². The highest BCUT2D eigenvalue weighted by Gasteiger charge is 2.20. The number of nitrogens with zero attached hydrogens (tertiary/aromatic N) is 5. The molecule has 3 heterocycles. The summed E-state index contributed by atoms with van der Waals surface area (Å²) in [5, 5.41) is 5.64. The molecule has 2 N–H and O–H groups in total. The first-order chi connectivity index (χ1) is 13.1. The minimum atomic E-state index is 0.121. The molecule has 1 fully saturated rings. The van der Waals surface area contributed by atoms with Gasteiger partial charge in [-0.1, -0.05) is 6.07 Å². The van der Waals surface area contributed by atoms with Crippen molar-refractivity contribution in [2.45, 2.75) is 11.8 Å². The standard InChI is InChI=1S/C19H20N6OS/c1-13(26)24-4-6-25(7-5-24)19-12-22-17-3-2-14(9-18(17)23-19)15-8-16(27-20)11-21-10-15/h2-3,8-12H,4-7,20H2,1H3. The van der Waals surface area contributed by atoms with Crippen LogP contribution in [0.1, 0.15) is 6.92 Å². The Hall–Kier alpha value is -2.71. The molecule has 0 aliphatic carbocycles. The third-order valence-electron chi connectivity index (χ3n) is 4.76. The molecule has 0 radical (unpaired) electrons. The van der Waals surface area contributed by atoms with Crippen molar-refractivity contribution in [2.75, 3.05) is 31.1 Å². The van der Waals surface area contributed by atoms with Gasteiger partial charge in [-0.3, -0.25) is 19.9 Å². The van der Waals surface area contributed by atoms with E-state index in [1.807, 2.05) is 35.4 Å². The van der Waals surface area contributed by atoms with Crippen LogP contribution < -0.4 is 10.0 Å². The SMILES string of the molecule is CC(=O)N1CCN(c2cnc3ccc(-c4cncc(SN)c4)cc3n2)CC1. The number of hydrogen-bond donors (Lipinski definition) is 1. The van der Waals surface area contributed by atoms with Gasteiger partial charge in [-0.2, -0.15) is 0 Å². The number of nitrogens with two attached hydrogens (primary N) is 1. The number of pyridine rings is 1. The number of benzene rings is 1. The van der Waals surface area contributed by atoms with Gasteiger partial charge in [0, 0.05) is 56.0 Å². The number of rotatable bonds is 3. The molecule has 4 rings (SSSR count). The number of anilines is 1. The molecule has 3 aromatic rings. The van der Waals surface area contributed by atoms with Crippen LogP contribution >= 0.6 is 11.9 Å². The van der Waals surface area contributed by atoms with Crippen molar-refractivity contribution in [1.29, 1.82) is 0 Å². The lowest BCUT2D eigenvalue weighted by Crippen LogP contribution is -2.48. The first kappa shape index (κ1) is 17.7. The number of carbonyl (C=O) groups is 1. The van der Waals surface area contributed by atoms with Crippen LogP contribution in [0.5, 0.6) is 0 Å². The Balaban J connectivity index is 1.62. The molecule has 2 aromatic heterocycles. The second-order valence-electron chi connectivity index (χ2n) is 6.45. The summed E-state index contributed by atoms with van der Waals surface area (Å²) in [7, 11) is 0. The average Bonchev–Trinajstić information content (AvgIpc) is 2.73. The Bertz CT molecular complexity index is 987. The molecule has 1 amide bonds. The Morgan fingerprint density at radius 2 is 1.85 bits per heavy atom. The van der Waals surface area contributed by atoms with Crippen molar-refractivity contribution in [3.8, 4) is 11.1 Å². The molecule has 1 aromatic carbocycles. The summed E-state index contributed by atoms with van der Waals surface area (Å²) in [6, 6.07) is 8.03. The van der Waals surface area contributed by atoms with Crippen LogP contribution in [0.15, 0.2) is 47.8 Å². The molecule has 1 saturated heterocycles. The molecular weight excluding hydrogens is 360 g/mol. The van der Waals surface area contributed by atoms with Gasteiger partial charge in [0.05, 0.1) is 17.2 Å². The van der Waals surface area contributed by atoms with E-state index in [4.69, 9.17) is 10.1 Å². The molecule has 0 atom stereocenters. The van der Waals surface area contributed by atoms with E-state index in [1.165, 1.54) is 11.9 Å². The fraction of sp³-hybridized carbons (Fsp3) is 0.263. The molecule has 0 spiro atoms. The van der Waals surface area contributed by atoms with E-state index in [2.05, 4.69) is 14.9 Å². The number of carbonyl (C=O) groups excluding carboxylic acids is 1. The molecule has 7 nitrogen and oxygen atoms in total. The number of hydrogen-bond acceptors (Lipinski definition) is 7. The lowest BCUT2D eigenvalue weighted by atomic mass is 10.1. The van der Waals surface area contributed by atoms with E-state index in [1.54, 1.807) is 19.3 Å². The number of fused-ring (bicyclic) bond motifs is 1. The van der Waals surface area contributed by atoms with Gasteiger partial charge >= 0.3 is 0 Å². The van der Waals surface area contributed by atoms with Crippen LogP contribution in [0.25, 0.3) is 22.2 Å². The predicted molar refractivity (Wildman–Crippen MR) is 107 cm³/mol. The Morgan fingerprint density at radius 3 is 2.59 bits per heavy atom. The van der Waals surface area contributed by atoms with Crippen LogP contribution in [0, 0.1) is 0 Å². The zero-order chi connectivity index (χ0) is 18.8. The maximum atomic E-state index is 11.5. The Kier molecular flexibility index (Phi) is 4.91. The van der Waals surface area contributed by atoms with Crippen molar-refractivity contribution >= 4 is 34.7 Å². The monoisotopic (exact) mass is 380 g/mol. The third kappa shape index (κ3) is 3.72. The maximum absolute atomic E-state index is 11.5. The highest BCUT2D eigenvalue weighted by atomic mass is 32.2. The quantitative estimate of drug-likeness (QED) is 0.698. The number of piperazine rings is 1. The zero-order valence-corrected chi connectivity index (χ0v) is 15.8. The summed E-state index contributed by atoms with van der Waals surface area (Å²) in [5.74, 6) is 0.961. The van der Waals surface area contributed by atoms with Gasteiger partial charge in [-0.05, 0) is 35.7 Å². The summed E-state index contributed by atoms with van der Waals surface area (Å²) in [6.45, 7) is 4.56. The summed E-state index contributed by atoms with van der Waals surface area (Å²) in [4.78, 5) is 30.1. The van der Waals surface area contributed by atoms with E-state index >= 15 is 0 Å². The number of aromatic nitrogens is 3. The van der Waals surface area contributed by atoms with E-state index in [0.717, 1.165) is 46.0 Å². The van der Waals surface area contributed by atoms with Crippen LogP contribution in [0.4, 0.5) is 5.82 Å². The number of amides is 1. The van der Waals surface area contributed by atoms with E-state index < -0.39 is 0 Å². The molecule has 138 valence electrons. The van der Waals surface area contributed by atoms with Crippen molar-refractivity contribution in [3.05, 3.63) is 42.9 Å². The van der Waals surface area contributed by atoms with Gasteiger partial charge in [-0.15, -0.1) is 0 Å². The van der Waals surface area contributed by atoms with Gasteiger partial charge in [0.15, 0.2) is 0 Å². The van der Waals surface area contributed by atoms with Crippen LogP contribution in [-0.2, 0) is 4.79 Å². The first-order valence-corrected chi connectivity index (χ1v) is 9.61. The Labute approximate surface area is 161 Å². The van der Waals surface area contributed by atoms with Crippen LogP contribution in [0.3, 0.4) is 0 Å². The summed E-state index contributed by atoms with van der Waals surface area (Å²) in [5.41, 5.74) is 3.71. The van der Waals surface area contributed by atoms with Crippen molar-refractivity contribution in [2.24, 2.45) is 5.14 Å². The fourth-order valence-corrected chi connectivity index (χ4v) is 3.54. The first-order valence-electron chi connectivity index (χ1n) is 8.73. The largest absolute Gasteiger partial charge is 0.352 e. The van der Waals surface area contributed by atoms with Gasteiger partial charge in [0.25, 0.3) is 0 Å². The maximum Gasteiger partial charge on any atom is 0.219 e. The van der Waals surface area contributed by atoms with Crippen molar-refractivity contribution in [3.63, 3.8) is 0 Å². The van der Waals surface area contributed by atoms with Crippen LogP contribution in [0.2, 0.25) is 0 Å². The predicted octanol–water partition coefficient (Wildman–Crippen LogP) is 2.33. The summed E-state index contributed by atoms with van der Waals surface area (Å²) < 4.78 is 0. The highest BCUT2D eigenvalue weighted by molar-refractivity contribution is 7.97. The lowest BCUT2D eigenvalue weighted by Gasteiger charge is -2.34. The minimum absolute atomic E-state index is 0.121. The zero-order valence-electron chi connectivity index (χ0n) is 15.0. The van der Waals surface area contributed by atoms with Crippen molar-refractivity contribution in [1.82, 2.24) is 19.9 Å². The molecule has 27 heavy (non-hydrogen) atoms. The Morgan fingerprint density at radius 1 is 1.04 bits per heavy atom. The third-order valence-corrected chi connectivity index (χ3v) is 5.26. The van der Waals surface area contributed by atoms with E-state index in [-0.39, 0.29) is 5.91 Å². The second-order valence-corrected chi connectivity index (χ2v) is 7.16. The van der Waals surface area contributed by atoms with Crippen molar-refractivity contribution < 1.29 is 4.79 Å². The van der Waals surface area contributed by atoms with Crippen LogP contribution in [-0.4, -0.2) is 51.9 Å². The van der Waals surface area contributed by atoms with Gasteiger partial charge in [-0.25, -0.2) is 4.98 Å². The van der Waals surface area contributed by atoms with E-state index in [9.17, 15) is 4.79 Å². The minimum Gasteiger partial charge on any atom is -0.352 e. The average molecular weight is 380 g/mol. The molecule has 1 aliphatic rings. The van der Waals surface area contributed by atoms with Gasteiger partial charge < -0.3 is 9.80 Å². The molecule has 0 saturated carbocycles. The molecule has 1 aliphatic heterocycles. The second kappa shape index (κ2) is 7.50. The molecule has 0 unspecified atom stereocenters. The van der Waals surface area contributed by atoms with Gasteiger partial charge in [0.1, 0.15) is 5.82 Å². The molecule has 8 heteroatoms. The molecular formula is C19H20N6OS. The highest BCUT2D eigenvalue weighted by Crippen LogP contribution is 2.26. The lowest BCUT2D eigenvalue weighted by molar-refractivity contribution is -0.129. The summed E-state index contributed by atoms with van der Waals surface area (Å²) in [6.07, 6.45) is 5.37. The van der Waals surface area contributed by atoms with Gasteiger partial charge in [0.2, 0.25) is 5.91 Å². The molecule has 0 bridgehead atoms. The normalized spacial score (nSPS) is 14.6. The summed E-state index contributed by atoms with van der Waals surface area (Å²) >= 11 is 1.18. The fourth-order valence-electron chi connectivity index (χ4n) is 3.23. The smallest absolute Gasteiger partial charge is 0.219 e.